The molecule has 7 heteroatoms. The average Bonchev–Trinajstić information content (AvgIpc) is 3.60. The van der Waals surface area contributed by atoms with Crippen LogP contribution in [0.15, 0.2) is 53.6 Å². The van der Waals surface area contributed by atoms with Crippen molar-refractivity contribution < 1.29 is 18.3 Å². The van der Waals surface area contributed by atoms with Gasteiger partial charge < -0.3 is 9.47 Å². The number of benzene rings is 2. The summed E-state index contributed by atoms with van der Waals surface area (Å²) < 4.78 is 37.7. The van der Waals surface area contributed by atoms with Crippen molar-refractivity contribution in [3.05, 3.63) is 69.8 Å². The van der Waals surface area contributed by atoms with Gasteiger partial charge in [-0.15, -0.1) is 0 Å². The Bertz CT molecular complexity index is 1030. The van der Waals surface area contributed by atoms with Crippen LogP contribution in [-0.2, 0) is 0 Å². The van der Waals surface area contributed by atoms with Crippen LogP contribution in [0, 0.1) is 11.3 Å². The van der Waals surface area contributed by atoms with E-state index < -0.39 is 5.85 Å². The number of hydrogen-bond donors (Lipinski definition) is 1. The molecule has 2 aliphatic carbocycles. The Kier molecular flexibility index (Phi) is 6.37. The fourth-order valence-corrected chi connectivity index (χ4v) is 4.15. The smallest absolute Gasteiger partial charge is 0.408 e. The lowest BCUT2D eigenvalue weighted by atomic mass is 9.96. The molecule has 0 amide bonds. The Labute approximate surface area is 188 Å². The Morgan fingerprint density at radius 2 is 1.87 bits per heavy atom. The van der Waals surface area contributed by atoms with Crippen molar-refractivity contribution >= 4 is 26.6 Å². The molecule has 31 heavy (non-hydrogen) atoms. The molecule has 1 N–H and O–H groups in total. The SMILES string of the molecule is C/C(=C(/COc1ccc(C2CC2)c(Cl)c1)C(=N)c1ccccc1OC(F)(F)P)C1CC1. The molecule has 0 spiro atoms. The van der Waals surface area contributed by atoms with Gasteiger partial charge in [-0.3, -0.25) is 5.41 Å². The minimum absolute atomic E-state index is 0.0366. The molecule has 0 radical (unpaired) electrons. The maximum atomic E-state index is 13.5. The first kappa shape index (κ1) is 22.2. The molecule has 2 fully saturated rings. The lowest BCUT2D eigenvalue weighted by Crippen LogP contribution is -2.19. The number of alkyl halides is 2. The monoisotopic (exact) mass is 463 g/mol. The summed E-state index contributed by atoms with van der Waals surface area (Å²) in [7, 11) is 1.37. The predicted octanol–water partition coefficient (Wildman–Crippen LogP) is 7.19. The van der Waals surface area contributed by atoms with E-state index in [4.69, 9.17) is 26.5 Å². The predicted molar refractivity (Wildman–Crippen MR) is 123 cm³/mol. The van der Waals surface area contributed by atoms with E-state index in [1.54, 1.807) is 18.2 Å². The zero-order valence-corrected chi connectivity index (χ0v) is 19.2. The van der Waals surface area contributed by atoms with Gasteiger partial charge in [-0.05, 0) is 83.5 Å². The number of ether oxygens (including phenoxy) is 2. The number of para-hydroxylation sites is 1. The highest BCUT2D eigenvalue weighted by molar-refractivity contribution is 7.17. The van der Waals surface area contributed by atoms with E-state index in [0.717, 1.165) is 24.0 Å². The highest BCUT2D eigenvalue weighted by Crippen LogP contribution is 2.44. The number of hydrogen-bond acceptors (Lipinski definition) is 3. The molecule has 0 heterocycles. The summed E-state index contributed by atoms with van der Waals surface area (Å²) >= 11 is 6.42. The number of rotatable bonds is 9. The molecule has 1 atom stereocenters. The van der Waals surface area contributed by atoms with E-state index in [1.807, 2.05) is 25.1 Å². The molecule has 1 unspecified atom stereocenters. The number of allylic oxidation sites excluding steroid dienone is 1. The number of halogens is 3. The third kappa shape index (κ3) is 5.64. The van der Waals surface area contributed by atoms with Crippen molar-refractivity contribution in [1.29, 1.82) is 5.41 Å². The normalized spacial score (nSPS) is 17.2. The molecule has 164 valence electrons. The summed E-state index contributed by atoms with van der Waals surface area (Å²) in [4.78, 5) is 0. The second-order valence-electron chi connectivity index (χ2n) is 8.22. The molecular weight excluding hydrogens is 439 g/mol. The molecule has 0 bridgehead atoms. The third-order valence-corrected chi connectivity index (χ3v) is 6.19. The van der Waals surface area contributed by atoms with Gasteiger partial charge in [-0.2, -0.15) is 8.78 Å². The standard InChI is InChI=1S/C24H25ClF2NO2P/c1-14(15-6-7-15)20(13-29-17-10-11-18(16-8-9-16)21(25)12-17)23(28)19-4-2-3-5-22(19)30-24(26,27)31/h2-5,10-12,15-16,28H,6-9,13,31H2,1H3/b20-14+,28-23?. The second kappa shape index (κ2) is 8.88. The van der Waals surface area contributed by atoms with Crippen molar-refractivity contribution in [3.63, 3.8) is 0 Å². The van der Waals surface area contributed by atoms with Gasteiger partial charge in [0, 0.05) is 16.2 Å². The molecule has 0 saturated heterocycles. The van der Waals surface area contributed by atoms with E-state index in [1.165, 1.54) is 28.1 Å². The zero-order valence-electron chi connectivity index (χ0n) is 17.3. The second-order valence-corrected chi connectivity index (χ2v) is 9.30. The van der Waals surface area contributed by atoms with Crippen LogP contribution in [0.2, 0.25) is 5.02 Å². The molecule has 2 aliphatic rings. The molecule has 3 nitrogen and oxygen atoms in total. The average molecular weight is 464 g/mol. The lowest BCUT2D eigenvalue weighted by Gasteiger charge is -2.19. The van der Waals surface area contributed by atoms with Gasteiger partial charge in [0.2, 0.25) is 0 Å². The topological polar surface area (TPSA) is 42.3 Å². The number of nitrogens with one attached hydrogen (secondary N) is 1. The van der Waals surface area contributed by atoms with E-state index in [9.17, 15) is 8.78 Å². The lowest BCUT2D eigenvalue weighted by molar-refractivity contribution is -0.0893. The van der Waals surface area contributed by atoms with Crippen LogP contribution in [0.5, 0.6) is 11.5 Å². The molecule has 2 aromatic rings. The maximum absolute atomic E-state index is 13.5. The van der Waals surface area contributed by atoms with Crippen LogP contribution in [0.1, 0.15) is 49.7 Å². The van der Waals surface area contributed by atoms with Gasteiger partial charge in [0.25, 0.3) is 0 Å². The highest BCUT2D eigenvalue weighted by atomic mass is 35.5. The minimum atomic E-state index is -3.41. The van der Waals surface area contributed by atoms with Gasteiger partial charge in [-0.1, -0.05) is 35.4 Å². The van der Waals surface area contributed by atoms with Gasteiger partial charge in [-0.25, -0.2) is 0 Å². The minimum Gasteiger partial charge on any atom is -0.489 e. The van der Waals surface area contributed by atoms with Crippen molar-refractivity contribution in [3.8, 4) is 11.5 Å². The molecule has 2 saturated carbocycles. The summed E-state index contributed by atoms with van der Waals surface area (Å²) in [6.45, 7) is 2.15. The van der Waals surface area contributed by atoms with Crippen molar-refractivity contribution in [2.24, 2.45) is 5.92 Å². The van der Waals surface area contributed by atoms with Crippen LogP contribution in [0.25, 0.3) is 0 Å². The van der Waals surface area contributed by atoms with Crippen molar-refractivity contribution in [2.75, 3.05) is 6.61 Å². The Balaban J connectivity index is 1.58. The molecular formula is C24H25ClF2NO2P. The summed E-state index contributed by atoms with van der Waals surface area (Å²) in [6, 6.07) is 12.1. The molecule has 0 aromatic heterocycles. The third-order valence-electron chi connectivity index (χ3n) is 5.74. The van der Waals surface area contributed by atoms with Crippen LogP contribution >= 0.6 is 20.8 Å². The summed E-state index contributed by atoms with van der Waals surface area (Å²) in [5, 5.41) is 9.49. The van der Waals surface area contributed by atoms with Crippen molar-refractivity contribution in [2.45, 2.75) is 44.4 Å². The molecule has 2 aromatic carbocycles. The van der Waals surface area contributed by atoms with E-state index in [2.05, 4.69) is 0 Å². The summed E-state index contributed by atoms with van der Waals surface area (Å²) in [5.74, 6) is -1.87. The summed E-state index contributed by atoms with van der Waals surface area (Å²) in [6.07, 6.45) is 4.46. The van der Waals surface area contributed by atoms with E-state index in [-0.39, 0.29) is 18.1 Å². The zero-order chi connectivity index (χ0) is 22.2. The molecule has 0 aliphatic heterocycles. The van der Waals surface area contributed by atoms with E-state index in [0.29, 0.717) is 33.7 Å². The van der Waals surface area contributed by atoms with Crippen LogP contribution in [0.4, 0.5) is 8.78 Å². The van der Waals surface area contributed by atoms with Gasteiger partial charge in [0.15, 0.2) is 0 Å². The van der Waals surface area contributed by atoms with Gasteiger partial charge in [0.05, 0.1) is 5.71 Å². The fourth-order valence-electron chi connectivity index (χ4n) is 3.70. The maximum Gasteiger partial charge on any atom is 0.408 e. The fraction of sp³-hybridized carbons (Fsp3) is 0.375. The quantitative estimate of drug-likeness (QED) is 0.316. The van der Waals surface area contributed by atoms with Crippen LogP contribution in [0.3, 0.4) is 0 Å². The first-order valence-electron chi connectivity index (χ1n) is 10.4. The Morgan fingerprint density at radius 3 is 2.48 bits per heavy atom. The largest absolute Gasteiger partial charge is 0.489 e. The first-order valence-corrected chi connectivity index (χ1v) is 11.3. The van der Waals surface area contributed by atoms with Crippen molar-refractivity contribution in [1.82, 2.24) is 0 Å². The first-order chi connectivity index (χ1) is 14.7. The molecule has 4 rings (SSSR count). The van der Waals surface area contributed by atoms with Gasteiger partial charge in [0.1, 0.15) is 18.1 Å². The summed E-state index contributed by atoms with van der Waals surface area (Å²) in [5.41, 5.74) is 3.34. The van der Waals surface area contributed by atoms with E-state index >= 15 is 0 Å². The Hall–Kier alpha value is -1.97. The van der Waals surface area contributed by atoms with Crippen LogP contribution < -0.4 is 9.47 Å². The highest BCUT2D eigenvalue weighted by Gasteiger charge is 2.30. The Morgan fingerprint density at radius 1 is 1.16 bits per heavy atom. The van der Waals surface area contributed by atoms with Crippen LogP contribution in [-0.4, -0.2) is 18.2 Å². The van der Waals surface area contributed by atoms with Gasteiger partial charge >= 0.3 is 5.85 Å².